The fourth-order valence-electron chi connectivity index (χ4n) is 2.54. The van der Waals surface area contributed by atoms with E-state index in [1.54, 1.807) is 23.6 Å². The van der Waals surface area contributed by atoms with Crippen LogP contribution in [0.2, 0.25) is 0 Å². The SMILES string of the molecule is Cc1cccc(-c2nnc3sc(NC(=O)c4ccc(C)c(F)c4)nn23)c1. The molecule has 2 heterocycles. The van der Waals surface area contributed by atoms with E-state index in [-0.39, 0.29) is 5.56 Å². The molecule has 0 radical (unpaired) electrons. The summed E-state index contributed by atoms with van der Waals surface area (Å²) in [4.78, 5) is 12.9. The highest BCUT2D eigenvalue weighted by Crippen LogP contribution is 2.25. The minimum Gasteiger partial charge on any atom is -0.296 e. The maximum absolute atomic E-state index is 13.7. The summed E-state index contributed by atoms with van der Waals surface area (Å²) in [5.74, 6) is -0.245. The molecule has 0 aliphatic rings. The predicted octanol–water partition coefficient (Wildman–Crippen LogP) is 3.86. The van der Waals surface area contributed by atoms with Crippen LogP contribution in [0, 0.1) is 19.7 Å². The van der Waals surface area contributed by atoms with E-state index in [0.29, 0.717) is 21.5 Å². The van der Waals surface area contributed by atoms with Gasteiger partial charge in [0.15, 0.2) is 5.82 Å². The molecule has 2 aromatic heterocycles. The van der Waals surface area contributed by atoms with Gasteiger partial charge in [0.2, 0.25) is 10.1 Å². The van der Waals surface area contributed by atoms with Gasteiger partial charge in [0.1, 0.15) is 5.82 Å². The summed E-state index contributed by atoms with van der Waals surface area (Å²) in [6.07, 6.45) is 0. The maximum Gasteiger partial charge on any atom is 0.257 e. The number of carbonyl (C=O) groups is 1. The van der Waals surface area contributed by atoms with Gasteiger partial charge in [-0.05, 0) is 37.6 Å². The Kier molecular flexibility index (Phi) is 3.96. The van der Waals surface area contributed by atoms with E-state index in [0.717, 1.165) is 11.1 Å². The first-order chi connectivity index (χ1) is 12.5. The lowest BCUT2D eigenvalue weighted by Gasteiger charge is -2.03. The molecule has 0 bridgehead atoms. The molecule has 0 aliphatic heterocycles. The molecule has 1 amide bonds. The van der Waals surface area contributed by atoms with E-state index in [2.05, 4.69) is 20.6 Å². The highest BCUT2D eigenvalue weighted by molar-refractivity contribution is 7.20. The molecule has 26 heavy (non-hydrogen) atoms. The average Bonchev–Trinajstić information content (AvgIpc) is 3.17. The number of carbonyl (C=O) groups excluding carboxylic acids is 1. The summed E-state index contributed by atoms with van der Waals surface area (Å²) >= 11 is 1.20. The van der Waals surface area contributed by atoms with Crippen LogP contribution in [0.5, 0.6) is 0 Å². The number of nitrogens with one attached hydrogen (secondary N) is 1. The summed E-state index contributed by atoms with van der Waals surface area (Å²) in [5.41, 5.74) is 2.71. The topological polar surface area (TPSA) is 72.2 Å². The van der Waals surface area contributed by atoms with Crippen LogP contribution >= 0.6 is 11.3 Å². The lowest BCUT2D eigenvalue weighted by Crippen LogP contribution is -2.12. The number of anilines is 1. The number of aryl methyl sites for hydroxylation is 2. The quantitative estimate of drug-likeness (QED) is 0.597. The van der Waals surface area contributed by atoms with Gasteiger partial charge in [-0.1, -0.05) is 41.2 Å². The fourth-order valence-corrected chi connectivity index (χ4v) is 3.27. The van der Waals surface area contributed by atoms with Crippen molar-refractivity contribution in [2.75, 3.05) is 5.32 Å². The first-order valence-electron chi connectivity index (χ1n) is 7.88. The highest BCUT2D eigenvalue weighted by Gasteiger charge is 2.16. The number of halogens is 1. The Labute approximate surface area is 152 Å². The summed E-state index contributed by atoms with van der Waals surface area (Å²) in [6, 6.07) is 12.2. The monoisotopic (exact) mass is 367 g/mol. The minimum atomic E-state index is -0.425. The molecule has 0 saturated heterocycles. The third kappa shape index (κ3) is 2.95. The Morgan fingerprint density at radius 1 is 1.15 bits per heavy atom. The third-order valence-electron chi connectivity index (χ3n) is 3.92. The van der Waals surface area contributed by atoms with Crippen LogP contribution in [0.3, 0.4) is 0 Å². The van der Waals surface area contributed by atoms with E-state index in [4.69, 9.17) is 0 Å². The Balaban J connectivity index is 1.64. The second kappa shape index (κ2) is 6.30. The number of hydrogen-bond donors (Lipinski definition) is 1. The zero-order chi connectivity index (χ0) is 18.3. The number of nitrogens with zero attached hydrogens (tertiary/aromatic N) is 4. The van der Waals surface area contributed by atoms with E-state index < -0.39 is 11.7 Å². The normalized spacial score (nSPS) is 11.0. The van der Waals surface area contributed by atoms with Crippen molar-refractivity contribution in [1.29, 1.82) is 0 Å². The highest BCUT2D eigenvalue weighted by atomic mass is 32.1. The van der Waals surface area contributed by atoms with E-state index in [1.165, 1.54) is 17.4 Å². The second-order valence-corrected chi connectivity index (χ2v) is 6.87. The second-order valence-electron chi connectivity index (χ2n) is 5.91. The van der Waals surface area contributed by atoms with Crippen molar-refractivity contribution in [3.8, 4) is 11.4 Å². The van der Waals surface area contributed by atoms with Crippen LogP contribution in [0.25, 0.3) is 16.3 Å². The van der Waals surface area contributed by atoms with Gasteiger partial charge in [0.25, 0.3) is 5.91 Å². The van der Waals surface area contributed by atoms with Crippen LogP contribution in [0.1, 0.15) is 21.5 Å². The molecule has 2 aromatic carbocycles. The van der Waals surface area contributed by atoms with Crippen molar-refractivity contribution in [2.24, 2.45) is 0 Å². The van der Waals surface area contributed by atoms with Gasteiger partial charge in [0, 0.05) is 11.1 Å². The smallest absolute Gasteiger partial charge is 0.257 e. The maximum atomic E-state index is 13.7. The molecular formula is C18H14FN5OS. The molecule has 8 heteroatoms. The number of benzene rings is 2. The predicted molar refractivity (Wildman–Crippen MR) is 97.9 cm³/mol. The van der Waals surface area contributed by atoms with E-state index >= 15 is 0 Å². The van der Waals surface area contributed by atoms with Crippen LogP contribution in [-0.4, -0.2) is 25.7 Å². The zero-order valence-corrected chi connectivity index (χ0v) is 14.8. The van der Waals surface area contributed by atoms with Crippen LogP contribution in [0.4, 0.5) is 9.52 Å². The zero-order valence-electron chi connectivity index (χ0n) is 14.0. The van der Waals surface area contributed by atoms with Gasteiger partial charge in [0.05, 0.1) is 0 Å². The van der Waals surface area contributed by atoms with Crippen molar-refractivity contribution in [1.82, 2.24) is 19.8 Å². The van der Waals surface area contributed by atoms with Crippen LogP contribution < -0.4 is 5.32 Å². The van der Waals surface area contributed by atoms with Crippen molar-refractivity contribution in [2.45, 2.75) is 13.8 Å². The summed E-state index contributed by atoms with van der Waals surface area (Å²) in [5, 5.41) is 15.7. The molecule has 6 nitrogen and oxygen atoms in total. The standard InChI is InChI=1S/C18H14FN5OS/c1-10-4-3-5-12(8-10)15-21-22-18-24(15)23-17(26-18)20-16(25)13-7-6-11(2)14(19)9-13/h3-9H,1-2H3,(H,20,23,25). The van der Waals surface area contributed by atoms with Gasteiger partial charge in [-0.25, -0.2) is 4.39 Å². The largest absolute Gasteiger partial charge is 0.296 e. The van der Waals surface area contributed by atoms with Crippen molar-refractivity contribution < 1.29 is 9.18 Å². The molecular weight excluding hydrogens is 353 g/mol. The number of rotatable bonds is 3. The Bertz CT molecular complexity index is 1130. The lowest BCUT2D eigenvalue weighted by atomic mass is 10.1. The molecule has 0 spiro atoms. The van der Waals surface area contributed by atoms with Gasteiger partial charge < -0.3 is 0 Å². The van der Waals surface area contributed by atoms with Gasteiger partial charge in [-0.3, -0.25) is 10.1 Å². The fraction of sp³-hybridized carbons (Fsp3) is 0.111. The Morgan fingerprint density at radius 3 is 2.77 bits per heavy atom. The lowest BCUT2D eigenvalue weighted by molar-refractivity contribution is 0.102. The van der Waals surface area contributed by atoms with Crippen molar-refractivity contribution >= 4 is 27.3 Å². The molecule has 0 unspecified atom stereocenters. The molecule has 130 valence electrons. The third-order valence-corrected chi connectivity index (χ3v) is 4.74. The summed E-state index contributed by atoms with van der Waals surface area (Å²) in [7, 11) is 0. The molecule has 4 rings (SSSR count). The Hall–Kier alpha value is -3.13. The molecule has 0 atom stereocenters. The Morgan fingerprint density at radius 2 is 2.00 bits per heavy atom. The number of amides is 1. The summed E-state index contributed by atoms with van der Waals surface area (Å²) < 4.78 is 15.2. The molecule has 1 N–H and O–H groups in total. The molecule has 0 aliphatic carbocycles. The van der Waals surface area contributed by atoms with Crippen LogP contribution in [-0.2, 0) is 0 Å². The number of hydrogen-bond acceptors (Lipinski definition) is 5. The molecule has 0 saturated carbocycles. The first-order valence-corrected chi connectivity index (χ1v) is 8.70. The van der Waals surface area contributed by atoms with E-state index in [1.807, 2.05) is 31.2 Å². The van der Waals surface area contributed by atoms with E-state index in [9.17, 15) is 9.18 Å². The van der Waals surface area contributed by atoms with Gasteiger partial charge in [-0.2, -0.15) is 4.52 Å². The van der Waals surface area contributed by atoms with Crippen molar-refractivity contribution in [3.05, 3.63) is 65.0 Å². The van der Waals surface area contributed by atoms with Gasteiger partial charge in [-0.15, -0.1) is 15.3 Å². The van der Waals surface area contributed by atoms with Crippen molar-refractivity contribution in [3.63, 3.8) is 0 Å². The average molecular weight is 367 g/mol. The number of fused-ring (bicyclic) bond motifs is 1. The van der Waals surface area contributed by atoms with Crippen LogP contribution in [0.15, 0.2) is 42.5 Å². The first kappa shape index (κ1) is 16.3. The molecule has 4 aromatic rings. The molecule has 0 fully saturated rings. The number of aromatic nitrogens is 4. The van der Waals surface area contributed by atoms with Gasteiger partial charge >= 0.3 is 0 Å². The summed E-state index contributed by atoms with van der Waals surface area (Å²) in [6.45, 7) is 3.64. The minimum absolute atomic E-state index is 0.234.